The van der Waals surface area contributed by atoms with E-state index < -0.39 is 0 Å². The maximum Gasteiger partial charge on any atom is 0.216 e. The topological polar surface area (TPSA) is 138 Å². The highest BCUT2D eigenvalue weighted by molar-refractivity contribution is 5.74. The van der Waals surface area contributed by atoms with E-state index >= 15 is 0 Å². The molecule has 2 aromatic rings. The van der Waals surface area contributed by atoms with Crippen molar-refractivity contribution in [2.75, 3.05) is 5.32 Å². The molecule has 0 amide bonds. The maximum absolute atomic E-state index is 8.98. The third kappa shape index (κ3) is 2.58. The van der Waals surface area contributed by atoms with E-state index in [0.717, 1.165) is 0 Å². The Hall–Kier alpha value is -3.70. The SMILES string of the molecule is N#CC(=CNc1ccc(C#N)c(C#N)c1)c1nn[nH]n1. The highest BCUT2D eigenvalue weighted by Gasteiger charge is 2.06. The lowest BCUT2D eigenvalue weighted by atomic mass is 10.1. The van der Waals surface area contributed by atoms with Gasteiger partial charge in [0.15, 0.2) is 0 Å². The maximum atomic E-state index is 8.98. The third-order valence-electron chi connectivity index (χ3n) is 2.35. The molecule has 0 bridgehead atoms. The summed E-state index contributed by atoms with van der Waals surface area (Å²) < 4.78 is 0. The van der Waals surface area contributed by atoms with Crippen molar-refractivity contribution in [2.24, 2.45) is 0 Å². The number of benzene rings is 1. The molecule has 0 fully saturated rings. The molecule has 0 radical (unpaired) electrons. The molecule has 8 heteroatoms. The molecule has 2 rings (SSSR count). The van der Waals surface area contributed by atoms with Crippen LogP contribution in [0.1, 0.15) is 17.0 Å². The molecule has 1 aromatic heterocycles. The Morgan fingerprint density at radius 3 is 2.60 bits per heavy atom. The van der Waals surface area contributed by atoms with E-state index in [1.165, 1.54) is 18.3 Å². The van der Waals surface area contributed by atoms with E-state index in [4.69, 9.17) is 15.8 Å². The second kappa shape index (κ2) is 5.76. The molecule has 0 atom stereocenters. The summed E-state index contributed by atoms with van der Waals surface area (Å²) in [7, 11) is 0. The predicted octanol–water partition coefficient (Wildman–Crippen LogP) is 0.920. The van der Waals surface area contributed by atoms with Crippen LogP contribution in [-0.2, 0) is 0 Å². The van der Waals surface area contributed by atoms with Gasteiger partial charge in [0.2, 0.25) is 5.82 Å². The molecule has 0 spiro atoms. The smallest absolute Gasteiger partial charge is 0.216 e. The molecule has 1 heterocycles. The third-order valence-corrected chi connectivity index (χ3v) is 2.35. The first kappa shape index (κ1) is 12.7. The Morgan fingerprint density at radius 2 is 2.00 bits per heavy atom. The summed E-state index contributed by atoms with van der Waals surface area (Å²) in [6, 6.07) is 10.4. The first-order valence-electron chi connectivity index (χ1n) is 5.33. The molecule has 0 saturated heterocycles. The molecule has 0 saturated carbocycles. The fourth-order valence-electron chi connectivity index (χ4n) is 1.40. The number of hydrogen-bond donors (Lipinski definition) is 2. The lowest BCUT2D eigenvalue weighted by Gasteiger charge is -2.02. The zero-order valence-electron chi connectivity index (χ0n) is 9.99. The van der Waals surface area contributed by atoms with Crippen LogP contribution in [0, 0.1) is 34.0 Å². The molecular formula is C12H6N8. The van der Waals surface area contributed by atoms with Crippen molar-refractivity contribution in [3.05, 3.63) is 41.4 Å². The van der Waals surface area contributed by atoms with Crippen molar-refractivity contribution in [3.63, 3.8) is 0 Å². The normalized spacial score (nSPS) is 10.2. The number of tetrazole rings is 1. The highest BCUT2D eigenvalue weighted by atomic mass is 15.5. The fraction of sp³-hybridized carbons (Fsp3) is 0. The molecule has 20 heavy (non-hydrogen) atoms. The number of hydrogen-bond acceptors (Lipinski definition) is 7. The lowest BCUT2D eigenvalue weighted by Crippen LogP contribution is -1.94. The van der Waals surface area contributed by atoms with Crippen molar-refractivity contribution in [3.8, 4) is 18.2 Å². The number of nitrogens with one attached hydrogen (secondary N) is 2. The fourth-order valence-corrected chi connectivity index (χ4v) is 1.40. The van der Waals surface area contributed by atoms with Gasteiger partial charge in [0.05, 0.1) is 11.1 Å². The average molecular weight is 262 g/mol. The molecule has 8 nitrogen and oxygen atoms in total. The number of rotatable bonds is 3. The van der Waals surface area contributed by atoms with Gasteiger partial charge in [0.1, 0.15) is 23.8 Å². The van der Waals surface area contributed by atoms with E-state index in [-0.39, 0.29) is 17.0 Å². The van der Waals surface area contributed by atoms with Crippen molar-refractivity contribution < 1.29 is 0 Å². The number of nitriles is 3. The summed E-state index contributed by atoms with van der Waals surface area (Å²) in [5, 5.41) is 42.5. The molecule has 0 aliphatic heterocycles. The van der Waals surface area contributed by atoms with E-state index in [1.807, 2.05) is 18.2 Å². The van der Waals surface area contributed by atoms with E-state index in [0.29, 0.717) is 11.3 Å². The first-order valence-corrected chi connectivity index (χ1v) is 5.33. The lowest BCUT2D eigenvalue weighted by molar-refractivity contribution is 0.881. The number of aromatic nitrogens is 4. The van der Waals surface area contributed by atoms with E-state index in [9.17, 15) is 0 Å². The van der Waals surface area contributed by atoms with Gasteiger partial charge in [-0.05, 0) is 23.4 Å². The molecule has 94 valence electrons. The summed E-state index contributed by atoms with van der Waals surface area (Å²) in [5.74, 6) is 0.161. The second-order valence-electron chi connectivity index (χ2n) is 3.53. The minimum Gasteiger partial charge on any atom is -0.360 e. The van der Waals surface area contributed by atoms with Crippen LogP contribution in [0.15, 0.2) is 24.4 Å². The van der Waals surface area contributed by atoms with Crippen molar-refractivity contribution in [2.45, 2.75) is 0 Å². The van der Waals surface area contributed by atoms with Gasteiger partial charge in [-0.2, -0.15) is 21.0 Å². The standard InChI is InChI=1S/C12H6N8/c13-4-8-1-2-11(3-9(8)5-14)16-7-10(6-15)12-17-19-20-18-12/h1-3,7,16H,(H,17,18,19,20). The summed E-state index contributed by atoms with van der Waals surface area (Å²) >= 11 is 0. The highest BCUT2D eigenvalue weighted by Crippen LogP contribution is 2.15. The predicted molar refractivity (Wildman–Crippen MR) is 67.3 cm³/mol. The van der Waals surface area contributed by atoms with Crippen LogP contribution in [0.5, 0.6) is 0 Å². The molecule has 1 aromatic carbocycles. The number of anilines is 1. The summed E-state index contributed by atoms with van der Waals surface area (Å²) in [4.78, 5) is 0. The summed E-state index contributed by atoms with van der Waals surface area (Å²) in [5.41, 5.74) is 1.29. The van der Waals surface area contributed by atoms with Gasteiger partial charge in [-0.15, -0.1) is 10.2 Å². The number of allylic oxidation sites excluding steroid dienone is 1. The van der Waals surface area contributed by atoms with Crippen LogP contribution in [0.2, 0.25) is 0 Å². The monoisotopic (exact) mass is 262 g/mol. The van der Waals surface area contributed by atoms with E-state index in [1.54, 1.807) is 6.07 Å². The zero-order valence-corrected chi connectivity index (χ0v) is 9.99. The Bertz CT molecular complexity index is 767. The van der Waals surface area contributed by atoms with Crippen molar-refractivity contribution >= 4 is 11.3 Å². The Balaban J connectivity index is 2.26. The Kier molecular flexibility index (Phi) is 3.67. The minimum atomic E-state index is 0.161. The molecule has 0 aliphatic carbocycles. The minimum absolute atomic E-state index is 0.161. The summed E-state index contributed by atoms with van der Waals surface area (Å²) in [6.07, 6.45) is 1.40. The molecule has 2 N–H and O–H groups in total. The van der Waals surface area contributed by atoms with Crippen molar-refractivity contribution in [1.82, 2.24) is 20.6 Å². The Morgan fingerprint density at radius 1 is 1.20 bits per heavy atom. The molecule has 0 aliphatic rings. The zero-order chi connectivity index (χ0) is 14.4. The van der Waals surface area contributed by atoms with Gasteiger partial charge in [-0.25, -0.2) is 0 Å². The number of H-pyrrole nitrogens is 1. The van der Waals surface area contributed by atoms with Gasteiger partial charge in [-0.1, -0.05) is 0 Å². The Labute approximate surface area is 113 Å². The van der Waals surface area contributed by atoms with Gasteiger partial charge in [0.25, 0.3) is 0 Å². The van der Waals surface area contributed by atoms with Gasteiger partial charge >= 0.3 is 0 Å². The van der Waals surface area contributed by atoms with Gasteiger partial charge in [0, 0.05) is 11.9 Å². The summed E-state index contributed by atoms with van der Waals surface area (Å²) in [6.45, 7) is 0. The van der Waals surface area contributed by atoms with Crippen LogP contribution in [0.4, 0.5) is 5.69 Å². The van der Waals surface area contributed by atoms with Crippen LogP contribution in [-0.4, -0.2) is 20.6 Å². The largest absolute Gasteiger partial charge is 0.360 e. The second-order valence-corrected chi connectivity index (χ2v) is 3.53. The van der Waals surface area contributed by atoms with Crippen LogP contribution >= 0.6 is 0 Å². The quantitative estimate of drug-likeness (QED) is 0.784. The average Bonchev–Trinajstić information content (AvgIpc) is 3.02. The van der Waals surface area contributed by atoms with Crippen LogP contribution in [0.25, 0.3) is 5.57 Å². The van der Waals surface area contributed by atoms with Crippen LogP contribution in [0.3, 0.4) is 0 Å². The number of aromatic amines is 1. The molecule has 0 unspecified atom stereocenters. The number of nitrogens with zero attached hydrogens (tertiary/aromatic N) is 6. The van der Waals surface area contributed by atoms with Gasteiger partial charge in [-0.3, -0.25) is 0 Å². The van der Waals surface area contributed by atoms with Gasteiger partial charge < -0.3 is 5.32 Å². The molecular weight excluding hydrogens is 256 g/mol. The van der Waals surface area contributed by atoms with Crippen molar-refractivity contribution in [1.29, 1.82) is 15.8 Å². The first-order chi connectivity index (χ1) is 9.78. The van der Waals surface area contributed by atoms with E-state index in [2.05, 4.69) is 25.9 Å². The van der Waals surface area contributed by atoms with Crippen LogP contribution < -0.4 is 5.32 Å².